The first kappa shape index (κ1) is 32.5. The van der Waals surface area contributed by atoms with Gasteiger partial charge in [-0.05, 0) is 43.7 Å². The van der Waals surface area contributed by atoms with Crippen molar-refractivity contribution in [2.75, 3.05) is 6.54 Å². The molecule has 12 heteroatoms. The number of hydrogen-bond donors (Lipinski definition) is 7. The third-order valence-electron chi connectivity index (χ3n) is 5.86. The number of carboxylic acids is 1. The van der Waals surface area contributed by atoms with E-state index in [9.17, 15) is 29.1 Å². The van der Waals surface area contributed by atoms with Crippen molar-refractivity contribution in [2.24, 2.45) is 23.1 Å². The van der Waals surface area contributed by atoms with Gasteiger partial charge in [-0.3, -0.25) is 19.2 Å². The Morgan fingerprint density at radius 3 is 1.97 bits per heavy atom. The zero-order chi connectivity index (χ0) is 28.7. The van der Waals surface area contributed by atoms with Crippen molar-refractivity contribution >= 4 is 29.6 Å². The van der Waals surface area contributed by atoms with Crippen LogP contribution in [-0.4, -0.2) is 65.4 Å². The highest BCUT2D eigenvalue weighted by Gasteiger charge is 2.31. The maximum absolute atomic E-state index is 13.2. The number of hydrogen-bond acceptors (Lipinski definition) is 7. The summed E-state index contributed by atoms with van der Waals surface area (Å²) in [6.07, 6.45) is 1.66. The van der Waals surface area contributed by atoms with Crippen LogP contribution in [0, 0.1) is 5.92 Å². The molecule has 0 fully saturated rings. The second kappa shape index (κ2) is 17.1. The molecule has 1 rings (SSSR count). The van der Waals surface area contributed by atoms with Crippen molar-refractivity contribution in [1.29, 1.82) is 0 Å². The molecule has 4 amide bonds. The average Bonchev–Trinajstić information content (AvgIpc) is 2.85. The summed E-state index contributed by atoms with van der Waals surface area (Å²) in [6.45, 7) is 4.12. The number of benzene rings is 1. The summed E-state index contributed by atoms with van der Waals surface area (Å²) in [4.78, 5) is 62.1. The Morgan fingerprint density at radius 1 is 0.842 bits per heavy atom. The van der Waals surface area contributed by atoms with E-state index in [1.165, 1.54) is 0 Å². The van der Waals surface area contributed by atoms with Crippen LogP contribution in [0.25, 0.3) is 0 Å². The predicted octanol–water partition coefficient (Wildman–Crippen LogP) is -0.464. The van der Waals surface area contributed by atoms with E-state index >= 15 is 0 Å². The summed E-state index contributed by atoms with van der Waals surface area (Å²) in [5.74, 6) is -3.85. The maximum atomic E-state index is 13.2. The van der Waals surface area contributed by atoms with E-state index in [0.717, 1.165) is 5.56 Å². The largest absolute Gasteiger partial charge is 0.480 e. The minimum atomic E-state index is -1.19. The SMILES string of the molecule is CC(C)CC(NC(=O)C(Cc1ccccc1)NC(=O)C(CCC(N)=O)NC(=O)C(N)CCCCN)C(=O)O. The first-order valence-corrected chi connectivity index (χ1v) is 12.9. The Bertz CT molecular complexity index is 926. The normalized spacial score (nSPS) is 14.1. The van der Waals surface area contributed by atoms with Gasteiger partial charge in [0.1, 0.15) is 18.1 Å². The summed E-state index contributed by atoms with van der Waals surface area (Å²) in [7, 11) is 0. The molecule has 12 nitrogen and oxygen atoms in total. The Hall–Kier alpha value is -3.51. The van der Waals surface area contributed by atoms with Gasteiger partial charge in [0.25, 0.3) is 0 Å². The molecule has 0 saturated carbocycles. The van der Waals surface area contributed by atoms with Crippen molar-refractivity contribution in [3.05, 3.63) is 35.9 Å². The molecule has 0 saturated heterocycles. The van der Waals surface area contributed by atoms with E-state index in [1.807, 2.05) is 13.8 Å². The number of unbranched alkanes of at least 4 members (excludes halogenated alkanes) is 1. The monoisotopic (exact) mass is 534 g/mol. The molecule has 0 bridgehead atoms. The molecular weight excluding hydrogens is 492 g/mol. The minimum absolute atomic E-state index is 0.000942. The Morgan fingerprint density at radius 2 is 1.42 bits per heavy atom. The lowest BCUT2D eigenvalue weighted by Gasteiger charge is -2.25. The van der Waals surface area contributed by atoms with Crippen molar-refractivity contribution in [1.82, 2.24) is 16.0 Å². The molecule has 212 valence electrons. The number of carbonyl (C=O) groups excluding carboxylic acids is 4. The number of rotatable bonds is 18. The zero-order valence-electron chi connectivity index (χ0n) is 22.2. The summed E-state index contributed by atoms with van der Waals surface area (Å²) in [5.41, 5.74) is 17.4. The Kier molecular flexibility index (Phi) is 14.6. The number of aliphatic carboxylic acids is 1. The average molecular weight is 535 g/mol. The fraction of sp³-hybridized carbons (Fsp3) is 0.577. The molecule has 10 N–H and O–H groups in total. The number of amides is 4. The van der Waals surface area contributed by atoms with Gasteiger partial charge in [-0.15, -0.1) is 0 Å². The molecule has 1 aromatic carbocycles. The number of nitrogens with one attached hydrogen (secondary N) is 3. The van der Waals surface area contributed by atoms with Gasteiger partial charge in [0, 0.05) is 12.8 Å². The van der Waals surface area contributed by atoms with Gasteiger partial charge < -0.3 is 38.3 Å². The van der Waals surface area contributed by atoms with Gasteiger partial charge in [-0.25, -0.2) is 4.79 Å². The molecule has 0 aliphatic rings. The fourth-order valence-corrected chi connectivity index (χ4v) is 3.77. The van der Waals surface area contributed by atoms with Crippen LogP contribution in [0.2, 0.25) is 0 Å². The maximum Gasteiger partial charge on any atom is 0.326 e. The lowest BCUT2D eigenvalue weighted by molar-refractivity contribution is -0.142. The highest BCUT2D eigenvalue weighted by Crippen LogP contribution is 2.09. The van der Waals surface area contributed by atoms with Crippen LogP contribution in [0.3, 0.4) is 0 Å². The van der Waals surface area contributed by atoms with Gasteiger partial charge in [0.2, 0.25) is 23.6 Å². The van der Waals surface area contributed by atoms with E-state index < -0.39 is 53.8 Å². The number of carboxylic acid groups (broad SMARTS) is 1. The first-order valence-electron chi connectivity index (χ1n) is 12.9. The van der Waals surface area contributed by atoms with E-state index in [2.05, 4.69) is 16.0 Å². The van der Waals surface area contributed by atoms with Gasteiger partial charge in [0.05, 0.1) is 6.04 Å². The summed E-state index contributed by atoms with van der Waals surface area (Å²) in [6, 6.07) is 4.50. The molecule has 4 unspecified atom stereocenters. The lowest BCUT2D eigenvalue weighted by Crippen LogP contribution is -2.57. The molecular formula is C26H42N6O6. The Labute approximate surface area is 223 Å². The molecule has 0 radical (unpaired) electrons. The molecule has 0 aromatic heterocycles. The van der Waals surface area contributed by atoms with Crippen LogP contribution in [-0.2, 0) is 30.4 Å². The Balaban J connectivity index is 3.10. The molecule has 0 aliphatic carbocycles. The molecule has 1 aromatic rings. The van der Waals surface area contributed by atoms with Crippen molar-refractivity contribution in [2.45, 2.75) is 83.0 Å². The van der Waals surface area contributed by atoms with Crippen LogP contribution in [0.1, 0.15) is 57.9 Å². The van der Waals surface area contributed by atoms with Crippen LogP contribution < -0.4 is 33.2 Å². The van der Waals surface area contributed by atoms with Gasteiger partial charge in [-0.2, -0.15) is 0 Å². The van der Waals surface area contributed by atoms with Crippen molar-refractivity contribution < 1.29 is 29.1 Å². The van der Waals surface area contributed by atoms with Crippen LogP contribution >= 0.6 is 0 Å². The predicted molar refractivity (Wildman–Crippen MR) is 142 cm³/mol. The van der Waals surface area contributed by atoms with Gasteiger partial charge in [-0.1, -0.05) is 50.6 Å². The van der Waals surface area contributed by atoms with E-state index in [1.54, 1.807) is 30.3 Å². The van der Waals surface area contributed by atoms with Crippen LogP contribution in [0.4, 0.5) is 0 Å². The topological polar surface area (TPSA) is 220 Å². The third-order valence-corrected chi connectivity index (χ3v) is 5.86. The summed E-state index contributed by atoms with van der Waals surface area (Å²) >= 11 is 0. The summed E-state index contributed by atoms with van der Waals surface area (Å²) < 4.78 is 0. The number of carbonyl (C=O) groups is 5. The van der Waals surface area contributed by atoms with E-state index in [-0.39, 0.29) is 31.6 Å². The number of nitrogens with two attached hydrogens (primary N) is 3. The molecule has 38 heavy (non-hydrogen) atoms. The van der Waals surface area contributed by atoms with Crippen molar-refractivity contribution in [3.8, 4) is 0 Å². The highest BCUT2D eigenvalue weighted by molar-refractivity contribution is 5.94. The van der Waals surface area contributed by atoms with Gasteiger partial charge >= 0.3 is 5.97 Å². The van der Waals surface area contributed by atoms with E-state index in [4.69, 9.17) is 17.2 Å². The molecule has 0 spiro atoms. The lowest BCUT2D eigenvalue weighted by atomic mass is 10.0. The third kappa shape index (κ3) is 12.6. The van der Waals surface area contributed by atoms with Crippen molar-refractivity contribution in [3.63, 3.8) is 0 Å². The highest BCUT2D eigenvalue weighted by atomic mass is 16.4. The second-order valence-electron chi connectivity index (χ2n) is 9.74. The minimum Gasteiger partial charge on any atom is -0.480 e. The smallest absolute Gasteiger partial charge is 0.326 e. The number of primary amides is 1. The second-order valence-corrected chi connectivity index (χ2v) is 9.74. The molecule has 4 atom stereocenters. The van der Waals surface area contributed by atoms with Gasteiger partial charge in [0.15, 0.2) is 0 Å². The zero-order valence-corrected chi connectivity index (χ0v) is 22.2. The van der Waals surface area contributed by atoms with Crippen LogP contribution in [0.5, 0.6) is 0 Å². The molecule has 0 aliphatic heterocycles. The standard InChI is InChI=1S/C26H42N6O6/c1-16(2)14-21(26(37)38)32-25(36)20(15-17-8-4-3-5-9-17)31-24(35)19(11-12-22(29)33)30-23(34)18(28)10-6-7-13-27/h3-5,8-9,16,18-21H,6-7,10-15,27-28H2,1-2H3,(H2,29,33)(H,30,34)(H,31,35)(H,32,36)(H,37,38). The molecule has 0 heterocycles. The summed E-state index contributed by atoms with van der Waals surface area (Å²) in [5, 5.41) is 17.2. The first-order chi connectivity index (χ1) is 17.9. The van der Waals surface area contributed by atoms with E-state index in [0.29, 0.717) is 25.8 Å². The fourth-order valence-electron chi connectivity index (χ4n) is 3.77. The quantitative estimate of drug-likeness (QED) is 0.122. The van der Waals surface area contributed by atoms with Crippen LogP contribution in [0.15, 0.2) is 30.3 Å².